The number of hydrogen-bond donors (Lipinski definition) is 3. The number of carbonyl (C=O) groups is 2. The van der Waals surface area contributed by atoms with Crippen LogP contribution in [-0.2, 0) is 11.2 Å². The van der Waals surface area contributed by atoms with Crippen LogP contribution in [0.5, 0.6) is 0 Å². The number of anilines is 1. The minimum Gasteiger partial charge on any atom is -0.364 e. The third kappa shape index (κ3) is 2.98. The van der Waals surface area contributed by atoms with Crippen LogP contribution in [0.2, 0.25) is 0 Å². The lowest BCUT2D eigenvalue weighted by Crippen LogP contribution is -2.21. The summed E-state index contributed by atoms with van der Waals surface area (Å²) in [4.78, 5) is 28.5. The highest BCUT2D eigenvalue weighted by molar-refractivity contribution is 6.00. The average Bonchev–Trinajstić information content (AvgIpc) is 2.96. The summed E-state index contributed by atoms with van der Waals surface area (Å²) in [7, 11) is 0. The van der Waals surface area contributed by atoms with E-state index in [1.807, 2.05) is 5.32 Å². The Morgan fingerprint density at radius 2 is 1.57 bits per heavy atom. The molecule has 2 rings (SSSR count). The molecule has 23 heavy (non-hydrogen) atoms. The van der Waals surface area contributed by atoms with Crippen LogP contribution in [-0.4, -0.2) is 21.8 Å². The number of aromatic nitrogens is 2. The first-order valence-electron chi connectivity index (χ1n) is 5.87. The van der Waals surface area contributed by atoms with Gasteiger partial charge in [-0.15, -0.1) is 0 Å². The van der Waals surface area contributed by atoms with E-state index in [0.717, 1.165) is 6.33 Å². The topological polar surface area (TPSA) is 101 Å². The number of primary amides is 1. The van der Waals surface area contributed by atoms with Gasteiger partial charge in [-0.25, -0.2) is 26.9 Å². The fourth-order valence-electron chi connectivity index (χ4n) is 1.72. The van der Waals surface area contributed by atoms with E-state index in [0.29, 0.717) is 0 Å². The van der Waals surface area contributed by atoms with Gasteiger partial charge in [-0.05, 0) is 0 Å². The zero-order valence-electron chi connectivity index (χ0n) is 11.0. The van der Waals surface area contributed by atoms with Crippen LogP contribution in [0.3, 0.4) is 0 Å². The van der Waals surface area contributed by atoms with Crippen molar-refractivity contribution in [2.24, 2.45) is 5.73 Å². The molecule has 0 bridgehead atoms. The predicted molar refractivity (Wildman–Crippen MR) is 65.7 cm³/mol. The van der Waals surface area contributed by atoms with Gasteiger partial charge < -0.3 is 16.0 Å². The Bertz CT molecular complexity index is 776. The van der Waals surface area contributed by atoms with Gasteiger partial charge in [-0.1, -0.05) is 0 Å². The molecule has 1 aromatic carbocycles. The maximum absolute atomic E-state index is 13.5. The maximum Gasteiger partial charge on any atom is 0.269 e. The molecule has 0 unspecified atom stereocenters. The van der Waals surface area contributed by atoms with E-state index < -0.39 is 52.9 Å². The SMILES string of the molecule is NC(=O)c1[nH]cnc1NC(=O)Cc1c(F)c(F)c(F)c(F)c1F. The predicted octanol–water partition coefficient (Wildman–Crippen LogP) is 1.39. The van der Waals surface area contributed by atoms with Gasteiger partial charge in [0, 0.05) is 5.56 Å². The van der Waals surface area contributed by atoms with E-state index in [1.54, 1.807) is 0 Å². The van der Waals surface area contributed by atoms with Crippen LogP contribution < -0.4 is 11.1 Å². The van der Waals surface area contributed by atoms with Gasteiger partial charge in [0.1, 0.15) is 5.69 Å². The molecule has 0 aliphatic rings. The lowest BCUT2D eigenvalue weighted by Gasteiger charge is -2.08. The van der Waals surface area contributed by atoms with Crippen LogP contribution in [0.15, 0.2) is 6.33 Å². The van der Waals surface area contributed by atoms with Crippen LogP contribution in [0.25, 0.3) is 0 Å². The van der Waals surface area contributed by atoms with Crippen molar-refractivity contribution in [1.29, 1.82) is 0 Å². The number of nitrogens with one attached hydrogen (secondary N) is 2. The first-order chi connectivity index (χ1) is 10.7. The molecule has 2 amide bonds. The smallest absolute Gasteiger partial charge is 0.269 e. The van der Waals surface area contributed by atoms with Gasteiger partial charge in [0.05, 0.1) is 12.7 Å². The molecule has 0 saturated heterocycles. The van der Waals surface area contributed by atoms with Crippen LogP contribution >= 0.6 is 0 Å². The summed E-state index contributed by atoms with van der Waals surface area (Å²) in [6.45, 7) is 0. The van der Waals surface area contributed by atoms with E-state index in [4.69, 9.17) is 5.73 Å². The van der Waals surface area contributed by atoms with Crippen molar-refractivity contribution in [3.8, 4) is 0 Å². The summed E-state index contributed by atoms with van der Waals surface area (Å²) in [5, 5.41) is 1.97. The maximum atomic E-state index is 13.5. The number of imidazole rings is 1. The number of nitrogens with two attached hydrogens (primary N) is 1. The van der Waals surface area contributed by atoms with Crippen molar-refractivity contribution in [3.63, 3.8) is 0 Å². The highest BCUT2D eigenvalue weighted by atomic mass is 19.2. The molecule has 0 atom stereocenters. The number of rotatable bonds is 4. The lowest BCUT2D eigenvalue weighted by molar-refractivity contribution is -0.115. The number of benzene rings is 1. The summed E-state index contributed by atoms with van der Waals surface area (Å²) < 4.78 is 65.9. The van der Waals surface area contributed by atoms with Crippen LogP contribution in [0.4, 0.5) is 27.8 Å². The molecule has 2 aromatic rings. The Morgan fingerprint density at radius 1 is 1.04 bits per heavy atom. The number of halogens is 5. The Morgan fingerprint density at radius 3 is 2.09 bits per heavy atom. The van der Waals surface area contributed by atoms with E-state index in [-0.39, 0.29) is 11.5 Å². The summed E-state index contributed by atoms with van der Waals surface area (Å²) in [6.07, 6.45) is -0.162. The average molecular weight is 334 g/mol. The number of H-pyrrole nitrogens is 1. The second-order valence-corrected chi connectivity index (χ2v) is 4.26. The van der Waals surface area contributed by atoms with Gasteiger partial charge >= 0.3 is 0 Å². The van der Waals surface area contributed by atoms with E-state index in [1.165, 1.54) is 0 Å². The number of amides is 2. The fourth-order valence-corrected chi connectivity index (χ4v) is 1.72. The molecular weight excluding hydrogens is 327 g/mol. The first-order valence-corrected chi connectivity index (χ1v) is 5.87. The van der Waals surface area contributed by atoms with Crippen LogP contribution in [0, 0.1) is 29.1 Å². The number of carbonyl (C=O) groups excluding carboxylic acids is 2. The highest BCUT2D eigenvalue weighted by Crippen LogP contribution is 2.23. The minimum absolute atomic E-state index is 0.296. The zero-order valence-corrected chi connectivity index (χ0v) is 11.0. The molecular formula is C12H7F5N4O2. The van der Waals surface area contributed by atoms with E-state index in [2.05, 4.69) is 9.97 Å². The summed E-state index contributed by atoms with van der Waals surface area (Å²) in [6, 6.07) is 0. The van der Waals surface area contributed by atoms with Gasteiger partial charge in [0.15, 0.2) is 29.1 Å². The van der Waals surface area contributed by atoms with Crippen LogP contribution in [0.1, 0.15) is 16.1 Å². The molecule has 1 aromatic heterocycles. The van der Waals surface area contributed by atoms with E-state index >= 15 is 0 Å². The molecule has 11 heteroatoms. The third-order valence-corrected chi connectivity index (χ3v) is 2.78. The van der Waals surface area contributed by atoms with E-state index in [9.17, 15) is 31.5 Å². The quantitative estimate of drug-likeness (QED) is 0.447. The summed E-state index contributed by atoms with van der Waals surface area (Å²) in [5.41, 5.74) is 3.36. The Hall–Kier alpha value is -2.98. The second kappa shape index (κ2) is 6.02. The minimum atomic E-state index is -2.33. The highest BCUT2D eigenvalue weighted by Gasteiger charge is 2.27. The summed E-state index contributed by atoms with van der Waals surface area (Å²) >= 11 is 0. The van der Waals surface area contributed by atoms with Gasteiger partial charge in [-0.3, -0.25) is 9.59 Å². The van der Waals surface area contributed by atoms with Crippen molar-refractivity contribution >= 4 is 17.6 Å². The Balaban J connectivity index is 2.28. The second-order valence-electron chi connectivity index (χ2n) is 4.26. The molecule has 0 saturated carbocycles. The van der Waals surface area contributed by atoms with Gasteiger partial charge in [0.25, 0.3) is 5.91 Å². The monoisotopic (exact) mass is 334 g/mol. The number of aromatic amines is 1. The van der Waals surface area contributed by atoms with Crippen molar-refractivity contribution in [2.75, 3.05) is 5.32 Å². The molecule has 0 fully saturated rings. The molecule has 0 radical (unpaired) electrons. The molecule has 122 valence electrons. The Kier molecular flexibility index (Phi) is 4.29. The summed E-state index contributed by atoms with van der Waals surface area (Å²) in [5.74, 6) is -13.4. The molecule has 0 spiro atoms. The van der Waals surface area contributed by atoms with Crippen molar-refractivity contribution in [2.45, 2.75) is 6.42 Å². The van der Waals surface area contributed by atoms with Crippen molar-refractivity contribution < 1.29 is 31.5 Å². The van der Waals surface area contributed by atoms with Gasteiger partial charge in [-0.2, -0.15) is 0 Å². The molecule has 6 nitrogen and oxygen atoms in total. The zero-order chi connectivity index (χ0) is 17.3. The Labute approximate surface area is 124 Å². The standard InChI is InChI=1S/C12H7F5N4O2/c13-5-3(6(14)8(16)9(17)7(5)15)1-4(22)21-12-10(11(18)23)19-2-20-12/h2H,1H2,(H2,18,23)(H,19,20)(H,21,22). The largest absolute Gasteiger partial charge is 0.364 e. The molecule has 0 aliphatic heterocycles. The third-order valence-electron chi connectivity index (χ3n) is 2.78. The fraction of sp³-hybridized carbons (Fsp3) is 0.0833. The molecule has 0 aliphatic carbocycles. The number of hydrogen-bond acceptors (Lipinski definition) is 3. The lowest BCUT2D eigenvalue weighted by atomic mass is 10.1. The number of nitrogens with zero attached hydrogens (tertiary/aromatic N) is 1. The van der Waals surface area contributed by atoms with Crippen molar-refractivity contribution in [1.82, 2.24) is 9.97 Å². The first kappa shape index (κ1) is 16.4. The molecule has 4 N–H and O–H groups in total. The van der Waals surface area contributed by atoms with Crippen molar-refractivity contribution in [3.05, 3.63) is 46.7 Å². The normalized spacial score (nSPS) is 10.7. The van der Waals surface area contributed by atoms with Gasteiger partial charge in [0.2, 0.25) is 11.7 Å². The molecule has 1 heterocycles.